The van der Waals surface area contributed by atoms with E-state index in [9.17, 15) is 0 Å². The van der Waals surface area contributed by atoms with Crippen molar-refractivity contribution in [2.75, 3.05) is 0 Å². The van der Waals surface area contributed by atoms with Crippen molar-refractivity contribution in [1.82, 2.24) is 14.5 Å². The van der Waals surface area contributed by atoms with Gasteiger partial charge >= 0.3 is 0 Å². The molecule has 45 heavy (non-hydrogen) atoms. The normalized spacial score (nSPS) is 13.7. The van der Waals surface area contributed by atoms with E-state index < -0.39 is 0 Å². The lowest BCUT2D eigenvalue weighted by atomic mass is 9.82. The van der Waals surface area contributed by atoms with Crippen LogP contribution in [0.5, 0.6) is 0 Å². The minimum atomic E-state index is -0.0533. The van der Waals surface area contributed by atoms with Gasteiger partial charge < -0.3 is 0 Å². The summed E-state index contributed by atoms with van der Waals surface area (Å²) in [5, 5.41) is 6.02. The monoisotopic (exact) mass is 593 g/mol. The fraction of sp³-hybridized carbons (Fsp3) is 0.0732. The summed E-state index contributed by atoms with van der Waals surface area (Å²) in [5.41, 5.74) is 10.5. The van der Waals surface area contributed by atoms with Gasteiger partial charge in [-0.1, -0.05) is 111 Å². The molecule has 0 unspecified atom stereocenters. The zero-order valence-corrected chi connectivity index (χ0v) is 25.7. The molecule has 212 valence electrons. The third kappa shape index (κ3) is 3.40. The molecule has 0 saturated carbocycles. The van der Waals surface area contributed by atoms with Gasteiger partial charge in [-0.05, 0) is 63.4 Å². The number of benzene rings is 6. The van der Waals surface area contributed by atoms with Gasteiger partial charge in [0.2, 0.25) is 0 Å². The van der Waals surface area contributed by atoms with Crippen LogP contribution in [0.25, 0.3) is 81.2 Å². The molecule has 10 rings (SSSR count). The van der Waals surface area contributed by atoms with Crippen molar-refractivity contribution in [3.05, 3.63) is 139 Å². The Bertz CT molecular complexity index is 2690. The van der Waals surface area contributed by atoms with E-state index in [2.05, 4.69) is 146 Å². The second-order valence-electron chi connectivity index (χ2n) is 12.6. The first kappa shape index (κ1) is 25.1. The molecular weight excluding hydrogens is 567 g/mol. The molecule has 0 aliphatic heterocycles. The van der Waals surface area contributed by atoms with Crippen LogP contribution in [0.4, 0.5) is 0 Å². The summed E-state index contributed by atoms with van der Waals surface area (Å²) in [6.07, 6.45) is 0. The van der Waals surface area contributed by atoms with Gasteiger partial charge in [0.1, 0.15) is 16.0 Å². The van der Waals surface area contributed by atoms with Crippen molar-refractivity contribution in [1.29, 1.82) is 0 Å². The van der Waals surface area contributed by atoms with Crippen LogP contribution in [0.15, 0.2) is 127 Å². The summed E-state index contributed by atoms with van der Waals surface area (Å²) in [4.78, 5) is 12.0. The van der Waals surface area contributed by atoms with E-state index in [4.69, 9.17) is 9.97 Å². The molecule has 3 nitrogen and oxygen atoms in total. The van der Waals surface area contributed by atoms with Crippen LogP contribution in [0.2, 0.25) is 0 Å². The van der Waals surface area contributed by atoms with Crippen LogP contribution in [0, 0.1) is 0 Å². The summed E-state index contributed by atoms with van der Waals surface area (Å²) in [7, 11) is 0. The van der Waals surface area contributed by atoms with Gasteiger partial charge in [-0.2, -0.15) is 0 Å². The molecule has 0 amide bonds. The molecule has 0 spiro atoms. The standard InChI is InChI=1S/C41H27N3S/c1-41(2)32-16-8-5-13-27(32)30-22-26(19-20-33(30)41)37-39(42-38-29-15-7-10-18-36(29)45-40(38)43-37)44-34-17-9-6-14-28(34)31-21-24-11-3-4-12-25(24)23-35(31)44/h3-23H,1-2H3. The van der Waals surface area contributed by atoms with E-state index in [0.29, 0.717) is 0 Å². The topological polar surface area (TPSA) is 30.7 Å². The number of aromatic nitrogens is 3. The molecule has 0 atom stereocenters. The Morgan fingerprint density at radius 3 is 2.18 bits per heavy atom. The van der Waals surface area contributed by atoms with Gasteiger partial charge in [-0.15, -0.1) is 11.3 Å². The minimum Gasteiger partial charge on any atom is -0.292 e. The summed E-state index contributed by atoms with van der Waals surface area (Å²) in [5.74, 6) is 0.859. The molecule has 3 aromatic heterocycles. The Morgan fingerprint density at radius 2 is 1.29 bits per heavy atom. The number of rotatable bonds is 2. The largest absolute Gasteiger partial charge is 0.292 e. The molecule has 3 heterocycles. The maximum atomic E-state index is 5.54. The van der Waals surface area contributed by atoms with Crippen LogP contribution in [0.1, 0.15) is 25.0 Å². The van der Waals surface area contributed by atoms with Crippen LogP contribution >= 0.6 is 11.3 Å². The van der Waals surface area contributed by atoms with Gasteiger partial charge in [-0.25, -0.2) is 9.97 Å². The average molecular weight is 594 g/mol. The molecule has 1 aliphatic carbocycles. The van der Waals surface area contributed by atoms with Crippen molar-refractivity contribution in [3.63, 3.8) is 0 Å². The summed E-state index contributed by atoms with van der Waals surface area (Å²) in [6, 6.07) is 46.2. The number of thiophene rings is 1. The molecule has 0 bridgehead atoms. The molecule has 0 fully saturated rings. The highest BCUT2D eigenvalue weighted by Gasteiger charge is 2.35. The Kier molecular flexibility index (Phi) is 4.94. The van der Waals surface area contributed by atoms with E-state index >= 15 is 0 Å². The predicted molar refractivity (Wildman–Crippen MR) is 190 cm³/mol. The van der Waals surface area contributed by atoms with E-state index in [1.54, 1.807) is 11.3 Å². The summed E-state index contributed by atoms with van der Waals surface area (Å²) < 4.78 is 3.55. The van der Waals surface area contributed by atoms with Gasteiger partial charge in [0.05, 0.1) is 11.0 Å². The quantitative estimate of drug-likeness (QED) is 0.200. The van der Waals surface area contributed by atoms with Crippen molar-refractivity contribution >= 4 is 64.3 Å². The second kappa shape index (κ2) is 8.87. The molecule has 0 N–H and O–H groups in total. The lowest BCUT2D eigenvalue weighted by Crippen LogP contribution is -2.14. The van der Waals surface area contributed by atoms with E-state index in [-0.39, 0.29) is 5.41 Å². The zero-order chi connectivity index (χ0) is 29.9. The molecule has 1 aliphatic rings. The van der Waals surface area contributed by atoms with Crippen molar-refractivity contribution < 1.29 is 0 Å². The summed E-state index contributed by atoms with van der Waals surface area (Å²) >= 11 is 1.72. The third-order valence-electron chi connectivity index (χ3n) is 9.80. The zero-order valence-electron chi connectivity index (χ0n) is 24.9. The molecule has 9 aromatic rings. The van der Waals surface area contributed by atoms with E-state index in [0.717, 1.165) is 43.8 Å². The smallest absolute Gasteiger partial charge is 0.165 e. The Balaban J connectivity index is 1.34. The first-order valence-corrected chi connectivity index (χ1v) is 16.2. The van der Waals surface area contributed by atoms with Crippen LogP contribution in [-0.2, 0) is 5.41 Å². The third-order valence-corrected chi connectivity index (χ3v) is 10.9. The van der Waals surface area contributed by atoms with Crippen LogP contribution in [0.3, 0.4) is 0 Å². The van der Waals surface area contributed by atoms with Gasteiger partial charge in [0, 0.05) is 31.8 Å². The number of fused-ring (bicyclic) bond motifs is 10. The van der Waals surface area contributed by atoms with Crippen molar-refractivity contribution in [2.24, 2.45) is 0 Å². The van der Waals surface area contributed by atoms with Crippen molar-refractivity contribution in [2.45, 2.75) is 19.3 Å². The first-order chi connectivity index (χ1) is 22.1. The number of hydrogen-bond acceptors (Lipinski definition) is 3. The molecule has 6 aromatic carbocycles. The fourth-order valence-electron chi connectivity index (χ4n) is 7.61. The maximum absolute atomic E-state index is 5.54. The molecule has 0 saturated heterocycles. The predicted octanol–water partition coefficient (Wildman–Crippen LogP) is 11.1. The van der Waals surface area contributed by atoms with Gasteiger partial charge in [0.15, 0.2) is 5.82 Å². The highest BCUT2D eigenvalue weighted by molar-refractivity contribution is 7.25. The van der Waals surface area contributed by atoms with Crippen LogP contribution in [-0.4, -0.2) is 14.5 Å². The fourth-order valence-corrected chi connectivity index (χ4v) is 8.63. The number of hydrogen-bond donors (Lipinski definition) is 0. The number of nitrogens with zero attached hydrogens (tertiary/aromatic N) is 3. The highest BCUT2D eigenvalue weighted by atomic mass is 32.1. The van der Waals surface area contributed by atoms with E-state index in [1.165, 1.54) is 48.5 Å². The minimum absolute atomic E-state index is 0.0533. The van der Waals surface area contributed by atoms with Crippen LogP contribution < -0.4 is 0 Å². The Hall–Kier alpha value is -5.32. The van der Waals surface area contributed by atoms with Gasteiger partial charge in [0.25, 0.3) is 0 Å². The first-order valence-electron chi connectivity index (χ1n) is 15.4. The Labute approximate surface area is 264 Å². The highest BCUT2D eigenvalue weighted by Crippen LogP contribution is 2.50. The SMILES string of the molecule is CC1(C)c2ccccc2-c2cc(-c3nc4sc5ccccc5c4nc3-n3c4ccccc4c4cc5ccccc5cc43)ccc21. The maximum Gasteiger partial charge on any atom is 0.165 e. The lowest BCUT2D eigenvalue weighted by molar-refractivity contribution is 0.660. The van der Waals surface area contributed by atoms with Gasteiger partial charge in [-0.3, -0.25) is 4.57 Å². The molecule has 4 heteroatoms. The second-order valence-corrected chi connectivity index (χ2v) is 13.7. The molecule has 0 radical (unpaired) electrons. The summed E-state index contributed by atoms with van der Waals surface area (Å²) in [6.45, 7) is 4.66. The number of para-hydroxylation sites is 1. The van der Waals surface area contributed by atoms with Crippen molar-refractivity contribution in [3.8, 4) is 28.2 Å². The average Bonchev–Trinajstić information content (AvgIpc) is 3.68. The Morgan fingerprint density at radius 1 is 0.578 bits per heavy atom. The van der Waals surface area contributed by atoms with E-state index in [1.807, 2.05) is 0 Å². The molecular formula is C41H27N3S. The lowest BCUT2D eigenvalue weighted by Gasteiger charge is -2.21.